The summed E-state index contributed by atoms with van der Waals surface area (Å²) in [5.41, 5.74) is 0.617. The number of nitrogens with zero attached hydrogens (tertiary/aromatic N) is 2. The number of carbonyl (C=O) groups excluding carboxylic acids is 1. The molecule has 130 valence electrons. The molecule has 3 rings (SSSR count). The number of ether oxygens (including phenoxy) is 3. The molecule has 8 heteroatoms. The predicted octanol–water partition coefficient (Wildman–Crippen LogP) is 1.97. The van der Waals surface area contributed by atoms with Crippen molar-refractivity contribution in [3.63, 3.8) is 0 Å². The van der Waals surface area contributed by atoms with Crippen molar-refractivity contribution in [2.24, 2.45) is 0 Å². The molecule has 0 bridgehead atoms. The van der Waals surface area contributed by atoms with Gasteiger partial charge < -0.3 is 18.7 Å². The van der Waals surface area contributed by atoms with Crippen LogP contribution >= 0.6 is 0 Å². The van der Waals surface area contributed by atoms with Gasteiger partial charge >= 0.3 is 5.97 Å². The number of benzene rings is 1. The van der Waals surface area contributed by atoms with Crippen molar-refractivity contribution >= 4 is 11.6 Å². The fourth-order valence-electron chi connectivity index (χ4n) is 2.33. The van der Waals surface area contributed by atoms with Gasteiger partial charge in [-0.1, -0.05) is 0 Å². The van der Waals surface area contributed by atoms with Crippen molar-refractivity contribution < 1.29 is 23.5 Å². The van der Waals surface area contributed by atoms with Crippen LogP contribution in [0.4, 0.5) is 0 Å². The number of carbonyl (C=O) groups is 1. The molecule has 0 fully saturated rings. The number of aromatic nitrogens is 2. The second-order valence-electron chi connectivity index (χ2n) is 5.23. The molecule has 0 aliphatic carbocycles. The zero-order chi connectivity index (χ0) is 18.0. The summed E-state index contributed by atoms with van der Waals surface area (Å²) in [4.78, 5) is 28.4. The van der Waals surface area contributed by atoms with Crippen molar-refractivity contribution in [3.8, 4) is 11.5 Å². The largest absolute Gasteiger partial charge is 0.493 e. The summed E-state index contributed by atoms with van der Waals surface area (Å²) in [6.07, 6.45) is 0. The van der Waals surface area contributed by atoms with Crippen LogP contribution in [0, 0.1) is 6.92 Å². The molecule has 0 amide bonds. The molecule has 1 aromatic carbocycles. The molecular formula is C17H16N2O6. The van der Waals surface area contributed by atoms with Crippen LogP contribution in [0.1, 0.15) is 21.8 Å². The second-order valence-corrected chi connectivity index (χ2v) is 5.23. The smallest absolute Gasteiger partial charge is 0.338 e. The Hall–Kier alpha value is -3.29. The Bertz CT molecular complexity index is 988. The quantitative estimate of drug-likeness (QED) is 0.653. The lowest BCUT2D eigenvalue weighted by Gasteiger charge is -2.09. The number of methoxy groups -OCH3 is 2. The Kier molecular flexibility index (Phi) is 4.42. The third kappa shape index (κ3) is 3.32. The van der Waals surface area contributed by atoms with Crippen molar-refractivity contribution in [2.75, 3.05) is 14.2 Å². The Morgan fingerprint density at radius 3 is 2.64 bits per heavy atom. The maximum absolute atomic E-state index is 12.2. The summed E-state index contributed by atoms with van der Waals surface area (Å²) in [7, 11) is 2.99. The molecule has 0 aliphatic heterocycles. The Labute approximate surface area is 142 Å². The molecule has 25 heavy (non-hydrogen) atoms. The van der Waals surface area contributed by atoms with Crippen molar-refractivity contribution in [1.82, 2.24) is 9.56 Å². The fourth-order valence-corrected chi connectivity index (χ4v) is 2.33. The van der Waals surface area contributed by atoms with Crippen molar-refractivity contribution in [2.45, 2.75) is 13.5 Å². The molecule has 2 aromatic heterocycles. The van der Waals surface area contributed by atoms with Crippen LogP contribution < -0.4 is 15.0 Å². The first kappa shape index (κ1) is 16.6. The van der Waals surface area contributed by atoms with E-state index < -0.39 is 5.97 Å². The molecule has 8 nitrogen and oxygen atoms in total. The third-order valence-electron chi connectivity index (χ3n) is 3.49. The van der Waals surface area contributed by atoms with Gasteiger partial charge in [-0.25, -0.2) is 9.78 Å². The van der Waals surface area contributed by atoms with Gasteiger partial charge in [-0.05, 0) is 25.1 Å². The molecule has 0 unspecified atom stereocenters. The molecule has 0 N–H and O–H groups in total. The maximum atomic E-state index is 12.2. The lowest BCUT2D eigenvalue weighted by Crippen LogP contribution is -2.15. The van der Waals surface area contributed by atoms with Crippen LogP contribution in [0.3, 0.4) is 0 Å². The minimum atomic E-state index is -0.564. The highest BCUT2D eigenvalue weighted by Crippen LogP contribution is 2.27. The molecule has 2 heterocycles. The van der Waals surface area contributed by atoms with Gasteiger partial charge in [-0.15, -0.1) is 4.57 Å². The lowest BCUT2D eigenvalue weighted by atomic mass is 10.2. The van der Waals surface area contributed by atoms with Gasteiger partial charge in [0.1, 0.15) is 12.4 Å². The molecule has 0 saturated heterocycles. The van der Waals surface area contributed by atoms with Crippen LogP contribution in [0.15, 0.2) is 39.6 Å². The lowest BCUT2D eigenvalue weighted by molar-refractivity contribution is 0.0467. The van der Waals surface area contributed by atoms with E-state index in [-0.39, 0.29) is 12.2 Å². The predicted molar refractivity (Wildman–Crippen MR) is 87.1 cm³/mol. The van der Waals surface area contributed by atoms with Gasteiger partial charge in [0.05, 0.1) is 25.5 Å². The first-order valence-corrected chi connectivity index (χ1v) is 7.40. The summed E-state index contributed by atoms with van der Waals surface area (Å²) >= 11 is 0. The van der Waals surface area contributed by atoms with E-state index >= 15 is 0 Å². The monoisotopic (exact) mass is 344 g/mol. The normalized spacial score (nSPS) is 10.7. The highest BCUT2D eigenvalue weighted by atomic mass is 16.5. The number of rotatable bonds is 5. The van der Waals surface area contributed by atoms with E-state index in [0.717, 1.165) is 4.57 Å². The number of hydrogen-bond acceptors (Lipinski definition) is 7. The van der Waals surface area contributed by atoms with E-state index in [1.54, 1.807) is 25.1 Å². The molecular weight excluding hydrogens is 328 g/mol. The van der Waals surface area contributed by atoms with E-state index in [1.165, 1.54) is 26.4 Å². The van der Waals surface area contributed by atoms with Gasteiger partial charge in [0.2, 0.25) is 0 Å². The molecule has 3 aromatic rings. The third-order valence-corrected chi connectivity index (χ3v) is 3.49. The first-order chi connectivity index (χ1) is 12.0. The first-order valence-electron chi connectivity index (χ1n) is 7.40. The highest BCUT2D eigenvalue weighted by molar-refractivity contribution is 5.90. The number of hydrogen-bond donors (Lipinski definition) is 0. The summed E-state index contributed by atoms with van der Waals surface area (Å²) in [5, 5.41) is 0. The van der Waals surface area contributed by atoms with Crippen molar-refractivity contribution in [1.29, 1.82) is 0 Å². The Balaban J connectivity index is 1.77. The molecule has 0 radical (unpaired) electrons. The standard InChI is InChI=1S/C17H16N2O6/c1-10-6-15-18-12(8-16(20)19(15)25-10)9-24-17(21)11-4-5-13(22-2)14(7-11)23-3/h4-8H,9H2,1-3H3. The summed E-state index contributed by atoms with van der Waals surface area (Å²) in [5.74, 6) is 0.925. The average molecular weight is 344 g/mol. The van der Waals surface area contributed by atoms with Crippen LogP contribution in [0.5, 0.6) is 11.5 Å². The fraction of sp³-hybridized carbons (Fsp3) is 0.235. The van der Waals surface area contributed by atoms with E-state index in [9.17, 15) is 9.59 Å². The van der Waals surface area contributed by atoms with E-state index in [0.29, 0.717) is 34.2 Å². The van der Waals surface area contributed by atoms with Crippen LogP contribution in [0.2, 0.25) is 0 Å². The minimum Gasteiger partial charge on any atom is -0.493 e. The zero-order valence-corrected chi connectivity index (χ0v) is 13.9. The topological polar surface area (TPSA) is 92.3 Å². The van der Waals surface area contributed by atoms with Gasteiger partial charge in [-0.3, -0.25) is 4.79 Å². The minimum absolute atomic E-state index is 0.136. The molecule has 0 atom stereocenters. The van der Waals surface area contributed by atoms with Gasteiger partial charge in [0.15, 0.2) is 17.1 Å². The van der Waals surface area contributed by atoms with Gasteiger partial charge in [0.25, 0.3) is 5.56 Å². The average Bonchev–Trinajstić information content (AvgIpc) is 2.99. The van der Waals surface area contributed by atoms with E-state index in [4.69, 9.17) is 18.7 Å². The number of esters is 1. The summed E-state index contributed by atoms with van der Waals surface area (Å²) in [6, 6.07) is 7.58. The van der Waals surface area contributed by atoms with Crippen LogP contribution in [0.25, 0.3) is 5.65 Å². The highest BCUT2D eigenvalue weighted by Gasteiger charge is 2.13. The van der Waals surface area contributed by atoms with Crippen LogP contribution in [-0.2, 0) is 11.3 Å². The molecule has 0 aliphatic rings. The summed E-state index contributed by atoms with van der Waals surface area (Å²) in [6.45, 7) is 1.58. The van der Waals surface area contributed by atoms with Crippen molar-refractivity contribution in [3.05, 3.63) is 57.7 Å². The van der Waals surface area contributed by atoms with E-state index in [1.807, 2.05) is 0 Å². The SMILES string of the molecule is COc1ccc(C(=O)OCc2cc(=O)n3oc(C)cc3n2)cc1OC. The van der Waals surface area contributed by atoms with Gasteiger partial charge in [-0.2, -0.15) is 0 Å². The Morgan fingerprint density at radius 1 is 1.16 bits per heavy atom. The maximum Gasteiger partial charge on any atom is 0.338 e. The van der Waals surface area contributed by atoms with E-state index in [2.05, 4.69) is 4.98 Å². The van der Waals surface area contributed by atoms with Gasteiger partial charge in [0, 0.05) is 12.1 Å². The number of fused-ring (bicyclic) bond motifs is 1. The summed E-state index contributed by atoms with van der Waals surface area (Å²) < 4.78 is 21.8. The Morgan fingerprint density at radius 2 is 1.92 bits per heavy atom. The zero-order valence-electron chi connectivity index (χ0n) is 13.9. The number of aryl methyl sites for hydroxylation is 1. The molecule has 0 spiro atoms. The molecule has 0 saturated carbocycles. The second kappa shape index (κ2) is 6.68. The van der Waals surface area contributed by atoms with Crippen LogP contribution in [-0.4, -0.2) is 29.7 Å².